The van der Waals surface area contributed by atoms with Crippen LogP contribution in [0.3, 0.4) is 0 Å². The summed E-state index contributed by atoms with van der Waals surface area (Å²) in [6.45, 7) is 7.41. The molecule has 0 radical (unpaired) electrons. The van der Waals surface area contributed by atoms with Crippen molar-refractivity contribution in [3.63, 3.8) is 0 Å². The molecule has 1 fully saturated rings. The van der Waals surface area contributed by atoms with Gasteiger partial charge in [-0.3, -0.25) is 4.90 Å². The molecule has 3 heterocycles. The van der Waals surface area contributed by atoms with Crippen LogP contribution in [0, 0.1) is 0 Å². The van der Waals surface area contributed by atoms with Gasteiger partial charge in [0.15, 0.2) is 0 Å². The van der Waals surface area contributed by atoms with Crippen molar-refractivity contribution in [2.24, 2.45) is 0 Å². The summed E-state index contributed by atoms with van der Waals surface area (Å²) in [5, 5.41) is 3.46. The number of aromatic nitrogens is 2. The molecule has 1 atom stereocenters. The van der Waals surface area contributed by atoms with E-state index in [2.05, 4.69) is 54.0 Å². The van der Waals surface area contributed by atoms with Gasteiger partial charge in [-0.1, -0.05) is 6.07 Å². The van der Waals surface area contributed by atoms with Gasteiger partial charge in [0.05, 0.1) is 0 Å². The first-order valence-electron chi connectivity index (χ1n) is 7.97. The number of hydrogen-bond acceptors (Lipinski definition) is 5. The van der Waals surface area contributed by atoms with Crippen LogP contribution < -0.4 is 10.2 Å². The Labute approximate surface area is 145 Å². The Morgan fingerprint density at radius 1 is 1.13 bits per heavy atom. The fourth-order valence-electron chi connectivity index (χ4n) is 2.85. The average molecular weight is 376 g/mol. The lowest BCUT2D eigenvalue weighted by Crippen LogP contribution is -2.49. The number of piperazine rings is 1. The molecule has 1 aliphatic heterocycles. The van der Waals surface area contributed by atoms with E-state index in [1.807, 2.05) is 36.7 Å². The molecule has 1 unspecified atom stereocenters. The molecule has 2 aromatic rings. The van der Waals surface area contributed by atoms with Crippen molar-refractivity contribution in [3.8, 4) is 0 Å². The molecule has 6 heteroatoms. The summed E-state index contributed by atoms with van der Waals surface area (Å²) in [5.74, 6) is 2.00. The number of nitrogens with one attached hydrogen (secondary N) is 1. The molecule has 2 aromatic heterocycles. The van der Waals surface area contributed by atoms with Crippen LogP contribution in [0.5, 0.6) is 0 Å². The highest BCUT2D eigenvalue weighted by Gasteiger charge is 2.19. The molecule has 0 aromatic carbocycles. The van der Waals surface area contributed by atoms with Crippen molar-refractivity contribution in [1.29, 1.82) is 0 Å². The number of halogens is 1. The lowest BCUT2D eigenvalue weighted by atomic mass is 10.2. The molecular weight excluding hydrogens is 354 g/mol. The predicted octanol–water partition coefficient (Wildman–Crippen LogP) is 2.86. The molecule has 3 rings (SSSR count). The van der Waals surface area contributed by atoms with E-state index in [1.165, 1.54) is 0 Å². The summed E-state index contributed by atoms with van der Waals surface area (Å²) in [6, 6.07) is 10.5. The summed E-state index contributed by atoms with van der Waals surface area (Å²) < 4.78 is 1.00. The molecule has 0 spiro atoms. The topological polar surface area (TPSA) is 44.3 Å². The highest BCUT2D eigenvalue weighted by atomic mass is 79.9. The molecule has 5 nitrogen and oxygen atoms in total. The van der Waals surface area contributed by atoms with Crippen LogP contribution in [0.2, 0.25) is 0 Å². The standard InChI is InChI=1S/C17H22BrN5/c1-14(21-16-6-5-15(18)12-20-16)13-22-8-10-23(11-9-22)17-4-2-3-7-19-17/h2-7,12,14H,8-11,13H2,1H3,(H,20,21). The minimum Gasteiger partial charge on any atom is -0.366 e. The predicted molar refractivity (Wildman–Crippen MR) is 97.9 cm³/mol. The van der Waals surface area contributed by atoms with E-state index in [0.29, 0.717) is 6.04 Å². The molecule has 23 heavy (non-hydrogen) atoms. The third-order valence-electron chi connectivity index (χ3n) is 4.00. The fraction of sp³-hybridized carbons (Fsp3) is 0.412. The van der Waals surface area contributed by atoms with Gasteiger partial charge in [0, 0.05) is 55.6 Å². The lowest BCUT2D eigenvalue weighted by molar-refractivity contribution is 0.250. The summed E-state index contributed by atoms with van der Waals surface area (Å²) >= 11 is 3.41. The quantitative estimate of drug-likeness (QED) is 0.870. The van der Waals surface area contributed by atoms with Crippen molar-refractivity contribution in [2.45, 2.75) is 13.0 Å². The Kier molecular flexibility index (Phi) is 5.46. The van der Waals surface area contributed by atoms with Gasteiger partial charge in [0.1, 0.15) is 11.6 Å². The van der Waals surface area contributed by atoms with Gasteiger partial charge in [0.2, 0.25) is 0 Å². The normalized spacial score (nSPS) is 17.0. The summed E-state index contributed by atoms with van der Waals surface area (Å²) in [7, 11) is 0. The molecule has 1 aliphatic rings. The summed E-state index contributed by atoms with van der Waals surface area (Å²) in [4.78, 5) is 13.7. The SMILES string of the molecule is CC(CN1CCN(c2ccccn2)CC1)Nc1ccc(Br)cn1. The van der Waals surface area contributed by atoms with Crippen LogP contribution in [-0.4, -0.2) is 53.6 Å². The van der Waals surface area contributed by atoms with E-state index in [4.69, 9.17) is 0 Å². The molecule has 1 saturated heterocycles. The lowest BCUT2D eigenvalue weighted by Gasteiger charge is -2.36. The minimum absolute atomic E-state index is 0.366. The van der Waals surface area contributed by atoms with Crippen molar-refractivity contribution in [1.82, 2.24) is 14.9 Å². The van der Waals surface area contributed by atoms with E-state index < -0.39 is 0 Å². The Morgan fingerprint density at radius 3 is 2.61 bits per heavy atom. The zero-order valence-electron chi connectivity index (χ0n) is 13.3. The zero-order valence-corrected chi connectivity index (χ0v) is 14.9. The monoisotopic (exact) mass is 375 g/mol. The third kappa shape index (κ3) is 4.65. The fourth-order valence-corrected chi connectivity index (χ4v) is 3.08. The smallest absolute Gasteiger partial charge is 0.128 e. The Bertz CT molecular complexity index is 596. The largest absolute Gasteiger partial charge is 0.366 e. The van der Waals surface area contributed by atoms with Gasteiger partial charge in [-0.05, 0) is 47.1 Å². The molecule has 0 saturated carbocycles. The average Bonchev–Trinajstić information content (AvgIpc) is 2.58. The Hall–Kier alpha value is -1.66. The van der Waals surface area contributed by atoms with Gasteiger partial charge in [-0.25, -0.2) is 9.97 Å². The molecule has 0 aliphatic carbocycles. The number of anilines is 2. The van der Waals surface area contributed by atoms with Gasteiger partial charge >= 0.3 is 0 Å². The molecular formula is C17H22BrN5. The van der Waals surface area contributed by atoms with Crippen LogP contribution in [-0.2, 0) is 0 Å². The first kappa shape index (κ1) is 16.2. The second-order valence-electron chi connectivity index (χ2n) is 5.88. The number of nitrogens with zero attached hydrogens (tertiary/aromatic N) is 4. The van der Waals surface area contributed by atoms with Crippen LogP contribution >= 0.6 is 15.9 Å². The summed E-state index contributed by atoms with van der Waals surface area (Å²) in [6.07, 6.45) is 3.68. The van der Waals surface area contributed by atoms with Crippen molar-refractivity contribution in [2.75, 3.05) is 42.9 Å². The van der Waals surface area contributed by atoms with Gasteiger partial charge in [-0.15, -0.1) is 0 Å². The number of hydrogen-bond donors (Lipinski definition) is 1. The minimum atomic E-state index is 0.366. The first-order chi connectivity index (χ1) is 11.2. The highest BCUT2D eigenvalue weighted by molar-refractivity contribution is 9.10. The van der Waals surface area contributed by atoms with Gasteiger partial charge in [-0.2, -0.15) is 0 Å². The molecule has 1 N–H and O–H groups in total. The van der Waals surface area contributed by atoms with Gasteiger partial charge in [0.25, 0.3) is 0 Å². The zero-order chi connectivity index (χ0) is 16.1. The number of pyridine rings is 2. The van der Waals surface area contributed by atoms with E-state index in [1.54, 1.807) is 0 Å². The van der Waals surface area contributed by atoms with E-state index in [-0.39, 0.29) is 0 Å². The Balaban J connectivity index is 1.46. The van der Waals surface area contributed by atoms with Crippen molar-refractivity contribution >= 4 is 27.6 Å². The van der Waals surface area contributed by atoms with Crippen LogP contribution in [0.1, 0.15) is 6.92 Å². The van der Waals surface area contributed by atoms with Crippen LogP contribution in [0.25, 0.3) is 0 Å². The second-order valence-corrected chi connectivity index (χ2v) is 6.80. The maximum Gasteiger partial charge on any atom is 0.128 e. The maximum absolute atomic E-state index is 4.43. The second kappa shape index (κ2) is 7.75. The van der Waals surface area contributed by atoms with E-state index in [9.17, 15) is 0 Å². The third-order valence-corrected chi connectivity index (χ3v) is 4.47. The first-order valence-corrected chi connectivity index (χ1v) is 8.76. The van der Waals surface area contributed by atoms with Crippen molar-refractivity contribution in [3.05, 3.63) is 47.2 Å². The van der Waals surface area contributed by atoms with E-state index >= 15 is 0 Å². The van der Waals surface area contributed by atoms with Gasteiger partial charge < -0.3 is 10.2 Å². The maximum atomic E-state index is 4.43. The van der Waals surface area contributed by atoms with Crippen LogP contribution in [0.15, 0.2) is 47.2 Å². The summed E-state index contributed by atoms with van der Waals surface area (Å²) in [5.41, 5.74) is 0. The Morgan fingerprint density at radius 2 is 1.96 bits per heavy atom. The highest BCUT2D eigenvalue weighted by Crippen LogP contribution is 2.14. The van der Waals surface area contributed by atoms with Crippen molar-refractivity contribution < 1.29 is 0 Å². The molecule has 0 amide bonds. The van der Waals surface area contributed by atoms with E-state index in [0.717, 1.165) is 48.8 Å². The number of rotatable bonds is 5. The van der Waals surface area contributed by atoms with Crippen LogP contribution in [0.4, 0.5) is 11.6 Å². The molecule has 122 valence electrons. The molecule has 0 bridgehead atoms.